The summed E-state index contributed by atoms with van der Waals surface area (Å²) in [6.45, 7) is 7.74. The number of nitrogens with two attached hydrogens (primary N) is 1. The Morgan fingerprint density at radius 1 is 1.22 bits per heavy atom. The molecule has 1 aromatic heterocycles. The lowest BCUT2D eigenvalue weighted by molar-refractivity contribution is 0.0945. The van der Waals surface area contributed by atoms with Gasteiger partial charge in [0.1, 0.15) is 0 Å². The molecule has 6 nitrogen and oxygen atoms in total. The van der Waals surface area contributed by atoms with Crippen molar-refractivity contribution in [2.75, 3.05) is 31.9 Å². The first-order valence-electron chi connectivity index (χ1n) is 8.10. The number of rotatable bonds is 4. The highest BCUT2D eigenvalue weighted by molar-refractivity contribution is 6.04. The fourth-order valence-electron chi connectivity index (χ4n) is 2.97. The molecule has 1 aliphatic rings. The average Bonchev–Trinajstić information content (AvgIpc) is 3.03. The first-order chi connectivity index (χ1) is 11.1. The third kappa shape index (κ3) is 3.27. The fraction of sp³-hybridized carbons (Fsp3) is 0.471. The molecule has 23 heavy (non-hydrogen) atoms. The number of nitrogens with zero attached hydrogens (tertiary/aromatic N) is 3. The largest absolute Gasteiger partial charge is 0.396 e. The van der Waals surface area contributed by atoms with Crippen LogP contribution in [0.2, 0.25) is 0 Å². The Hall–Kier alpha value is -2.21. The number of aryl methyl sites for hydroxylation is 2. The molecule has 3 N–H and O–H groups in total. The summed E-state index contributed by atoms with van der Waals surface area (Å²) in [5, 5.41) is 11.9. The van der Waals surface area contributed by atoms with Gasteiger partial charge in [-0.05, 0) is 63.0 Å². The van der Waals surface area contributed by atoms with Gasteiger partial charge in [-0.2, -0.15) is 0 Å². The molecular weight excluding hydrogens is 290 g/mol. The maximum absolute atomic E-state index is 12.3. The lowest BCUT2D eigenvalue weighted by Crippen LogP contribution is -2.34. The smallest absolute Gasteiger partial charge is 0.274 e. The number of fused-ring (bicyclic) bond motifs is 1. The van der Waals surface area contributed by atoms with Gasteiger partial charge in [-0.15, -0.1) is 10.2 Å². The molecule has 1 aliphatic heterocycles. The van der Waals surface area contributed by atoms with Crippen LogP contribution in [0.4, 0.5) is 5.69 Å². The van der Waals surface area contributed by atoms with Crippen LogP contribution in [0.3, 0.4) is 0 Å². The zero-order chi connectivity index (χ0) is 16.4. The Morgan fingerprint density at radius 3 is 2.65 bits per heavy atom. The summed E-state index contributed by atoms with van der Waals surface area (Å²) in [5.41, 5.74) is 9.75. The molecule has 0 atom stereocenters. The van der Waals surface area contributed by atoms with Crippen LogP contribution in [-0.4, -0.2) is 47.2 Å². The Labute approximate surface area is 136 Å². The number of likely N-dealkylation sites (tertiary alicyclic amines) is 1. The molecule has 122 valence electrons. The maximum Gasteiger partial charge on any atom is 0.274 e. The number of aromatic nitrogens is 2. The summed E-state index contributed by atoms with van der Waals surface area (Å²) in [6.07, 6.45) is 2.49. The molecule has 2 heterocycles. The van der Waals surface area contributed by atoms with E-state index in [1.54, 1.807) is 0 Å². The number of carbonyl (C=O) groups is 1. The highest BCUT2D eigenvalue weighted by Gasteiger charge is 2.17. The number of nitrogen functional groups attached to an aromatic ring is 1. The van der Waals surface area contributed by atoms with E-state index in [1.165, 1.54) is 12.8 Å². The summed E-state index contributed by atoms with van der Waals surface area (Å²) < 4.78 is 0. The number of hydrogen-bond donors (Lipinski definition) is 2. The SMILES string of the molecule is Cc1cc2nnc(C(=O)NCCN3CCCC3)c(N)c2cc1C. The molecule has 1 aromatic carbocycles. The van der Waals surface area contributed by atoms with Gasteiger partial charge in [-0.1, -0.05) is 0 Å². The van der Waals surface area contributed by atoms with E-state index in [0.29, 0.717) is 12.2 Å². The first-order valence-corrected chi connectivity index (χ1v) is 8.10. The summed E-state index contributed by atoms with van der Waals surface area (Å²) in [6, 6.07) is 3.92. The molecule has 1 fully saturated rings. The van der Waals surface area contributed by atoms with Crippen molar-refractivity contribution in [3.05, 3.63) is 29.0 Å². The van der Waals surface area contributed by atoms with Crippen molar-refractivity contribution in [1.82, 2.24) is 20.4 Å². The number of benzene rings is 1. The van der Waals surface area contributed by atoms with Crippen LogP contribution in [0.15, 0.2) is 12.1 Å². The minimum Gasteiger partial charge on any atom is -0.396 e. The molecule has 0 radical (unpaired) electrons. The second kappa shape index (κ2) is 6.50. The van der Waals surface area contributed by atoms with E-state index in [9.17, 15) is 4.79 Å². The minimum absolute atomic E-state index is 0.210. The van der Waals surface area contributed by atoms with Crippen LogP contribution in [0.1, 0.15) is 34.5 Å². The second-order valence-electron chi connectivity index (χ2n) is 6.22. The molecule has 1 amide bonds. The van der Waals surface area contributed by atoms with Crippen LogP contribution in [0, 0.1) is 13.8 Å². The van der Waals surface area contributed by atoms with E-state index < -0.39 is 0 Å². The quantitative estimate of drug-likeness (QED) is 0.896. The molecule has 0 saturated carbocycles. The van der Waals surface area contributed by atoms with Crippen molar-refractivity contribution in [3.8, 4) is 0 Å². The molecule has 2 aromatic rings. The number of hydrogen-bond acceptors (Lipinski definition) is 5. The van der Waals surface area contributed by atoms with E-state index >= 15 is 0 Å². The predicted molar refractivity (Wildman–Crippen MR) is 91.4 cm³/mol. The monoisotopic (exact) mass is 313 g/mol. The van der Waals surface area contributed by atoms with Crippen molar-refractivity contribution in [3.63, 3.8) is 0 Å². The van der Waals surface area contributed by atoms with Gasteiger partial charge in [-0.3, -0.25) is 4.79 Å². The molecule has 0 spiro atoms. The lowest BCUT2D eigenvalue weighted by Gasteiger charge is -2.15. The van der Waals surface area contributed by atoms with Crippen molar-refractivity contribution < 1.29 is 4.79 Å². The molecule has 0 aliphatic carbocycles. The molecule has 0 unspecified atom stereocenters. The van der Waals surface area contributed by atoms with Crippen molar-refractivity contribution >= 4 is 22.5 Å². The van der Waals surface area contributed by atoms with Gasteiger partial charge in [0.2, 0.25) is 0 Å². The number of nitrogens with one attached hydrogen (secondary N) is 1. The number of carbonyl (C=O) groups excluding carboxylic acids is 1. The highest BCUT2D eigenvalue weighted by Crippen LogP contribution is 2.24. The Balaban J connectivity index is 1.74. The van der Waals surface area contributed by atoms with Crippen LogP contribution < -0.4 is 11.1 Å². The molecular formula is C17H23N5O. The van der Waals surface area contributed by atoms with E-state index in [-0.39, 0.29) is 11.6 Å². The van der Waals surface area contributed by atoms with Crippen LogP contribution in [-0.2, 0) is 0 Å². The van der Waals surface area contributed by atoms with Gasteiger partial charge in [0.15, 0.2) is 5.69 Å². The Bertz CT molecular complexity index is 737. The van der Waals surface area contributed by atoms with E-state index in [1.807, 2.05) is 26.0 Å². The van der Waals surface area contributed by atoms with Crippen LogP contribution in [0.25, 0.3) is 10.9 Å². The standard InChI is InChI=1S/C17H23N5O/c1-11-9-13-14(10-12(11)2)20-21-16(15(13)18)17(23)19-5-8-22-6-3-4-7-22/h9-10H,3-8H2,1-2H3,(H2,18,20)(H,19,23). The summed E-state index contributed by atoms with van der Waals surface area (Å²) in [4.78, 5) is 14.7. The first kappa shape index (κ1) is 15.7. The van der Waals surface area contributed by atoms with E-state index in [0.717, 1.165) is 41.7 Å². The normalized spacial score (nSPS) is 15.2. The van der Waals surface area contributed by atoms with Gasteiger partial charge in [0.05, 0.1) is 11.2 Å². The summed E-state index contributed by atoms with van der Waals surface area (Å²) in [5.74, 6) is -0.255. The second-order valence-corrected chi connectivity index (χ2v) is 6.22. The Kier molecular flexibility index (Phi) is 4.43. The van der Waals surface area contributed by atoms with Crippen molar-refractivity contribution in [2.24, 2.45) is 0 Å². The summed E-state index contributed by atoms with van der Waals surface area (Å²) >= 11 is 0. The topological polar surface area (TPSA) is 84.1 Å². The predicted octanol–water partition coefficient (Wildman–Crippen LogP) is 1.65. The van der Waals surface area contributed by atoms with Gasteiger partial charge in [0, 0.05) is 18.5 Å². The zero-order valence-electron chi connectivity index (χ0n) is 13.7. The third-order valence-corrected chi connectivity index (χ3v) is 4.54. The van der Waals surface area contributed by atoms with Crippen molar-refractivity contribution in [1.29, 1.82) is 0 Å². The number of anilines is 1. The fourth-order valence-corrected chi connectivity index (χ4v) is 2.97. The molecule has 1 saturated heterocycles. The van der Waals surface area contributed by atoms with Gasteiger partial charge in [0.25, 0.3) is 5.91 Å². The highest BCUT2D eigenvalue weighted by atomic mass is 16.1. The molecule has 0 bridgehead atoms. The Morgan fingerprint density at radius 2 is 1.91 bits per heavy atom. The van der Waals surface area contributed by atoms with Crippen molar-refractivity contribution in [2.45, 2.75) is 26.7 Å². The van der Waals surface area contributed by atoms with Gasteiger partial charge < -0.3 is 16.0 Å². The molecule has 3 rings (SSSR count). The van der Waals surface area contributed by atoms with Gasteiger partial charge >= 0.3 is 0 Å². The average molecular weight is 313 g/mol. The molecule has 6 heteroatoms. The summed E-state index contributed by atoms with van der Waals surface area (Å²) in [7, 11) is 0. The van der Waals surface area contributed by atoms with E-state index in [2.05, 4.69) is 20.4 Å². The van der Waals surface area contributed by atoms with E-state index in [4.69, 9.17) is 5.73 Å². The van der Waals surface area contributed by atoms with Gasteiger partial charge in [-0.25, -0.2) is 0 Å². The van der Waals surface area contributed by atoms with Crippen LogP contribution in [0.5, 0.6) is 0 Å². The maximum atomic E-state index is 12.3. The lowest BCUT2D eigenvalue weighted by atomic mass is 10.0. The third-order valence-electron chi connectivity index (χ3n) is 4.54. The minimum atomic E-state index is -0.255. The zero-order valence-corrected chi connectivity index (χ0v) is 13.7. The van der Waals surface area contributed by atoms with Crippen LogP contribution >= 0.6 is 0 Å². The number of amides is 1.